The van der Waals surface area contributed by atoms with Crippen LogP contribution in [0.5, 0.6) is 0 Å². The van der Waals surface area contributed by atoms with E-state index in [1.54, 1.807) is 24.3 Å². The maximum atomic E-state index is 12.4. The Kier molecular flexibility index (Phi) is 5.39. The molecule has 0 fully saturated rings. The van der Waals surface area contributed by atoms with E-state index in [4.69, 9.17) is 0 Å². The number of benzene rings is 2. The van der Waals surface area contributed by atoms with Crippen LogP contribution in [0.1, 0.15) is 29.8 Å². The molecule has 0 aliphatic rings. The summed E-state index contributed by atoms with van der Waals surface area (Å²) in [5.74, 6) is -0.169. The van der Waals surface area contributed by atoms with Crippen molar-refractivity contribution in [2.75, 3.05) is 5.32 Å². The average Bonchev–Trinajstić information content (AvgIpc) is 2.49. The monoisotopic (exact) mass is 313 g/mol. The highest BCUT2D eigenvalue weighted by atomic mass is 32.2. The summed E-state index contributed by atoms with van der Waals surface area (Å²) in [7, 11) is 0. The second-order valence-electron chi connectivity index (χ2n) is 5.12. The maximum Gasteiger partial charge on any atom is 0.237 e. The molecule has 0 aliphatic carbocycles. The number of hydrogen-bond acceptors (Lipinski definition) is 3. The number of anilines is 1. The van der Waals surface area contributed by atoms with Gasteiger partial charge in [-0.2, -0.15) is 0 Å². The van der Waals surface area contributed by atoms with Crippen LogP contribution in [0.2, 0.25) is 0 Å². The highest BCUT2D eigenvalue weighted by molar-refractivity contribution is 8.00. The maximum absolute atomic E-state index is 12.4. The van der Waals surface area contributed by atoms with Crippen LogP contribution in [0, 0.1) is 6.92 Å². The molecule has 0 radical (unpaired) electrons. The van der Waals surface area contributed by atoms with Crippen molar-refractivity contribution >= 4 is 29.1 Å². The number of nitrogens with one attached hydrogen (secondary N) is 1. The molecule has 0 spiro atoms. The summed E-state index contributed by atoms with van der Waals surface area (Å²) in [5, 5.41) is 2.60. The summed E-state index contributed by atoms with van der Waals surface area (Å²) >= 11 is 1.51. The van der Waals surface area contributed by atoms with Crippen molar-refractivity contribution < 1.29 is 9.59 Å². The number of carbonyl (C=O) groups is 2. The van der Waals surface area contributed by atoms with E-state index in [2.05, 4.69) is 5.32 Å². The normalized spacial score (nSPS) is 11.8. The molecule has 114 valence electrons. The summed E-state index contributed by atoms with van der Waals surface area (Å²) in [4.78, 5) is 25.0. The Balaban J connectivity index is 2.09. The standard InChI is InChI=1S/C18H19NO2S/c1-12-8-4-7-11-17(12)22-14(3)18(21)19-16-10-6-5-9-15(16)13(2)20/h4-11,14H,1-3H3,(H,19,21). The molecule has 0 saturated carbocycles. The minimum atomic E-state index is -0.249. The van der Waals surface area contributed by atoms with Gasteiger partial charge in [0.15, 0.2) is 5.78 Å². The number of rotatable bonds is 5. The molecule has 3 nitrogen and oxygen atoms in total. The Labute approximate surface area is 135 Å². The van der Waals surface area contributed by atoms with Crippen molar-refractivity contribution in [3.8, 4) is 0 Å². The molecule has 2 aromatic rings. The van der Waals surface area contributed by atoms with Crippen molar-refractivity contribution in [3.05, 3.63) is 59.7 Å². The smallest absolute Gasteiger partial charge is 0.237 e. The Hall–Kier alpha value is -2.07. The van der Waals surface area contributed by atoms with Crippen LogP contribution >= 0.6 is 11.8 Å². The van der Waals surface area contributed by atoms with Crippen molar-refractivity contribution in [3.63, 3.8) is 0 Å². The summed E-state index contributed by atoms with van der Waals surface area (Å²) < 4.78 is 0. The first-order valence-electron chi connectivity index (χ1n) is 7.12. The van der Waals surface area contributed by atoms with Crippen LogP contribution in [0.15, 0.2) is 53.4 Å². The Bertz CT molecular complexity index is 697. The third kappa shape index (κ3) is 3.98. The van der Waals surface area contributed by atoms with E-state index in [-0.39, 0.29) is 16.9 Å². The van der Waals surface area contributed by atoms with Crippen molar-refractivity contribution in [2.24, 2.45) is 0 Å². The second-order valence-corrected chi connectivity index (χ2v) is 6.50. The molecule has 4 heteroatoms. The Morgan fingerprint density at radius 1 is 1.05 bits per heavy atom. The van der Waals surface area contributed by atoms with Crippen LogP contribution in [-0.2, 0) is 4.79 Å². The lowest BCUT2D eigenvalue weighted by Crippen LogP contribution is -2.23. The van der Waals surface area contributed by atoms with E-state index >= 15 is 0 Å². The molecular weight excluding hydrogens is 294 g/mol. The van der Waals surface area contributed by atoms with Crippen LogP contribution in [0.3, 0.4) is 0 Å². The van der Waals surface area contributed by atoms with E-state index in [1.165, 1.54) is 18.7 Å². The minimum absolute atomic E-state index is 0.0601. The number of para-hydroxylation sites is 1. The third-order valence-electron chi connectivity index (χ3n) is 3.33. The number of ketones is 1. The largest absolute Gasteiger partial charge is 0.324 e. The number of hydrogen-bond donors (Lipinski definition) is 1. The Morgan fingerprint density at radius 3 is 2.36 bits per heavy atom. The van der Waals surface area contributed by atoms with E-state index in [0.29, 0.717) is 11.3 Å². The summed E-state index contributed by atoms with van der Waals surface area (Å²) in [6, 6.07) is 15.0. The lowest BCUT2D eigenvalue weighted by atomic mass is 10.1. The van der Waals surface area contributed by atoms with Crippen molar-refractivity contribution in [1.82, 2.24) is 0 Å². The second kappa shape index (κ2) is 7.27. The van der Waals surface area contributed by atoms with Gasteiger partial charge in [-0.3, -0.25) is 9.59 Å². The summed E-state index contributed by atoms with van der Waals surface area (Å²) in [5.41, 5.74) is 2.25. The number of aryl methyl sites for hydroxylation is 1. The van der Waals surface area contributed by atoms with Gasteiger partial charge in [0.25, 0.3) is 0 Å². The average molecular weight is 313 g/mol. The van der Waals surface area contributed by atoms with E-state index in [9.17, 15) is 9.59 Å². The predicted octanol–water partition coefficient (Wildman–Crippen LogP) is 4.32. The molecular formula is C18H19NO2S. The molecule has 22 heavy (non-hydrogen) atoms. The zero-order valence-electron chi connectivity index (χ0n) is 12.9. The van der Waals surface area contributed by atoms with Crippen LogP contribution in [0.4, 0.5) is 5.69 Å². The third-order valence-corrected chi connectivity index (χ3v) is 4.61. The molecule has 2 aromatic carbocycles. The van der Waals surface area contributed by atoms with Gasteiger partial charge in [-0.1, -0.05) is 30.3 Å². The molecule has 1 amide bonds. The van der Waals surface area contributed by atoms with E-state index in [1.807, 2.05) is 38.1 Å². The van der Waals surface area contributed by atoms with Crippen molar-refractivity contribution in [2.45, 2.75) is 30.9 Å². The van der Waals surface area contributed by atoms with Gasteiger partial charge in [0.2, 0.25) is 5.91 Å². The van der Waals surface area contributed by atoms with Crippen LogP contribution in [0.25, 0.3) is 0 Å². The van der Waals surface area contributed by atoms with Gasteiger partial charge in [0.05, 0.1) is 10.9 Å². The number of thioether (sulfide) groups is 1. The zero-order chi connectivity index (χ0) is 16.1. The fourth-order valence-electron chi connectivity index (χ4n) is 2.07. The number of Topliss-reactive ketones (excluding diaryl/α,β-unsaturated/α-hetero) is 1. The topological polar surface area (TPSA) is 46.2 Å². The van der Waals surface area contributed by atoms with Gasteiger partial charge < -0.3 is 5.32 Å². The van der Waals surface area contributed by atoms with Gasteiger partial charge in [-0.25, -0.2) is 0 Å². The predicted molar refractivity (Wildman–Crippen MR) is 91.6 cm³/mol. The van der Waals surface area contributed by atoms with Gasteiger partial charge in [0, 0.05) is 10.5 Å². The lowest BCUT2D eigenvalue weighted by Gasteiger charge is -2.14. The molecule has 0 heterocycles. The SMILES string of the molecule is CC(=O)c1ccccc1NC(=O)C(C)Sc1ccccc1C. The minimum Gasteiger partial charge on any atom is -0.324 e. The summed E-state index contributed by atoms with van der Waals surface area (Å²) in [6.07, 6.45) is 0. The van der Waals surface area contributed by atoms with Gasteiger partial charge in [-0.05, 0) is 44.5 Å². The number of carbonyl (C=O) groups excluding carboxylic acids is 2. The first kappa shape index (κ1) is 16.3. The van der Waals surface area contributed by atoms with Crippen LogP contribution < -0.4 is 5.32 Å². The highest BCUT2D eigenvalue weighted by Crippen LogP contribution is 2.27. The van der Waals surface area contributed by atoms with Gasteiger partial charge >= 0.3 is 0 Å². The number of amides is 1. The molecule has 0 aromatic heterocycles. The molecule has 1 N–H and O–H groups in total. The molecule has 0 bridgehead atoms. The van der Waals surface area contributed by atoms with Gasteiger partial charge in [-0.15, -0.1) is 11.8 Å². The molecule has 1 unspecified atom stereocenters. The fourth-order valence-corrected chi connectivity index (χ4v) is 3.02. The quantitative estimate of drug-likeness (QED) is 0.660. The summed E-state index contributed by atoms with van der Waals surface area (Å²) in [6.45, 7) is 5.39. The van der Waals surface area contributed by atoms with E-state index < -0.39 is 0 Å². The first-order valence-corrected chi connectivity index (χ1v) is 8.00. The molecule has 1 atom stereocenters. The highest BCUT2D eigenvalue weighted by Gasteiger charge is 2.17. The zero-order valence-corrected chi connectivity index (χ0v) is 13.7. The lowest BCUT2D eigenvalue weighted by molar-refractivity contribution is -0.115. The Morgan fingerprint density at radius 2 is 1.68 bits per heavy atom. The molecule has 0 saturated heterocycles. The molecule has 0 aliphatic heterocycles. The fraction of sp³-hybridized carbons (Fsp3) is 0.222. The molecule has 2 rings (SSSR count). The van der Waals surface area contributed by atoms with Crippen LogP contribution in [-0.4, -0.2) is 16.9 Å². The van der Waals surface area contributed by atoms with Crippen molar-refractivity contribution in [1.29, 1.82) is 0 Å². The first-order chi connectivity index (χ1) is 10.5. The van der Waals surface area contributed by atoms with E-state index in [0.717, 1.165) is 10.5 Å². The van der Waals surface area contributed by atoms with Gasteiger partial charge in [0.1, 0.15) is 0 Å².